The van der Waals surface area contributed by atoms with Gasteiger partial charge >= 0.3 is 5.97 Å². The molecular weight excluding hydrogens is 258 g/mol. The van der Waals surface area contributed by atoms with Gasteiger partial charge in [0.05, 0.1) is 19.2 Å². The van der Waals surface area contributed by atoms with Gasteiger partial charge in [-0.15, -0.1) is 0 Å². The first-order valence-electron chi connectivity index (χ1n) is 6.38. The third-order valence-corrected chi connectivity index (χ3v) is 2.75. The number of benzene rings is 1. The Morgan fingerprint density at radius 3 is 2.75 bits per heavy atom. The van der Waals surface area contributed by atoms with E-state index < -0.39 is 5.97 Å². The Labute approximate surface area is 117 Å². The van der Waals surface area contributed by atoms with Gasteiger partial charge in [0.15, 0.2) is 6.61 Å². The number of aromatic nitrogens is 1. The molecule has 0 spiro atoms. The fourth-order valence-electron chi connectivity index (χ4n) is 1.87. The maximum absolute atomic E-state index is 11.2. The monoisotopic (exact) mass is 275 g/mol. The van der Waals surface area contributed by atoms with Crippen LogP contribution in [0.1, 0.15) is 12.6 Å². The minimum Gasteiger partial charge on any atom is -0.494 e. The number of hydrogen-bond acceptors (Lipinski definition) is 5. The summed E-state index contributed by atoms with van der Waals surface area (Å²) in [5, 5.41) is 0.811. The number of rotatable bonds is 5. The maximum Gasteiger partial charge on any atom is 0.343 e. The van der Waals surface area contributed by atoms with Crippen LogP contribution < -0.4 is 9.47 Å². The summed E-state index contributed by atoms with van der Waals surface area (Å²) in [6.45, 7) is 4.25. The Balaban J connectivity index is 2.39. The normalized spacial score (nSPS) is 10.3. The lowest BCUT2D eigenvalue weighted by Gasteiger charge is -2.11. The van der Waals surface area contributed by atoms with E-state index in [4.69, 9.17) is 9.47 Å². The summed E-state index contributed by atoms with van der Waals surface area (Å²) in [6, 6.07) is 7.39. The summed E-state index contributed by atoms with van der Waals surface area (Å²) in [5.74, 6) is 0.918. The zero-order valence-corrected chi connectivity index (χ0v) is 11.8. The van der Waals surface area contributed by atoms with Gasteiger partial charge in [-0.25, -0.2) is 4.79 Å². The molecule has 1 heterocycles. The number of methoxy groups -OCH3 is 1. The molecule has 2 aromatic rings. The first kappa shape index (κ1) is 14.1. The number of carbonyl (C=O) groups excluding carboxylic acids is 1. The molecule has 5 nitrogen and oxygen atoms in total. The van der Waals surface area contributed by atoms with Crippen LogP contribution in [0.4, 0.5) is 0 Å². The number of carbonyl (C=O) groups is 1. The maximum atomic E-state index is 11.2. The summed E-state index contributed by atoms with van der Waals surface area (Å²) in [7, 11) is 1.33. The Kier molecular flexibility index (Phi) is 4.40. The summed E-state index contributed by atoms with van der Waals surface area (Å²) in [6.07, 6.45) is 0. The van der Waals surface area contributed by atoms with Crippen molar-refractivity contribution in [2.45, 2.75) is 13.8 Å². The van der Waals surface area contributed by atoms with Crippen LogP contribution in [-0.2, 0) is 9.53 Å². The minimum atomic E-state index is -0.423. The highest BCUT2D eigenvalue weighted by atomic mass is 16.6. The fraction of sp³-hybridized carbons (Fsp3) is 0.333. The van der Waals surface area contributed by atoms with Crippen LogP contribution in [0.15, 0.2) is 24.3 Å². The highest BCUT2D eigenvalue weighted by molar-refractivity contribution is 5.87. The van der Waals surface area contributed by atoms with E-state index >= 15 is 0 Å². The van der Waals surface area contributed by atoms with Crippen molar-refractivity contribution in [2.75, 3.05) is 20.3 Å². The Morgan fingerprint density at radius 1 is 1.25 bits per heavy atom. The summed E-state index contributed by atoms with van der Waals surface area (Å²) < 4.78 is 15.6. The molecule has 0 bridgehead atoms. The topological polar surface area (TPSA) is 57.7 Å². The Hall–Kier alpha value is -2.30. The number of fused-ring (bicyclic) bond motifs is 1. The molecule has 0 saturated carbocycles. The van der Waals surface area contributed by atoms with Crippen molar-refractivity contribution >= 4 is 16.9 Å². The predicted molar refractivity (Wildman–Crippen MR) is 75.2 cm³/mol. The van der Waals surface area contributed by atoms with Crippen LogP contribution in [0.3, 0.4) is 0 Å². The van der Waals surface area contributed by atoms with E-state index in [0.717, 1.165) is 22.3 Å². The molecule has 2 rings (SSSR count). The lowest BCUT2D eigenvalue weighted by atomic mass is 10.1. The molecule has 0 aliphatic carbocycles. The van der Waals surface area contributed by atoms with E-state index in [0.29, 0.717) is 12.4 Å². The first-order valence-corrected chi connectivity index (χ1v) is 6.38. The lowest BCUT2D eigenvalue weighted by molar-refractivity contribution is -0.142. The van der Waals surface area contributed by atoms with Gasteiger partial charge < -0.3 is 14.2 Å². The molecule has 0 N–H and O–H groups in total. The van der Waals surface area contributed by atoms with Gasteiger partial charge in [-0.2, -0.15) is 0 Å². The smallest absolute Gasteiger partial charge is 0.343 e. The summed E-state index contributed by atoms with van der Waals surface area (Å²) in [4.78, 5) is 15.6. The molecule has 0 unspecified atom stereocenters. The molecule has 0 radical (unpaired) electrons. The van der Waals surface area contributed by atoms with Crippen molar-refractivity contribution in [3.8, 4) is 11.5 Å². The molecule has 20 heavy (non-hydrogen) atoms. The highest BCUT2D eigenvalue weighted by Crippen LogP contribution is 2.29. The van der Waals surface area contributed by atoms with Crippen LogP contribution in [0, 0.1) is 6.92 Å². The van der Waals surface area contributed by atoms with Gasteiger partial charge in [0.2, 0.25) is 0 Å². The van der Waals surface area contributed by atoms with E-state index in [9.17, 15) is 4.79 Å². The van der Waals surface area contributed by atoms with E-state index in [2.05, 4.69) is 9.72 Å². The van der Waals surface area contributed by atoms with Crippen LogP contribution in [0.5, 0.6) is 11.5 Å². The second kappa shape index (κ2) is 6.23. The molecule has 0 atom stereocenters. The Bertz CT molecular complexity index is 625. The van der Waals surface area contributed by atoms with Gasteiger partial charge in [0.1, 0.15) is 11.5 Å². The SMILES string of the molecule is CCOc1ccc2nc(C)cc(OCC(=O)OC)c2c1. The van der Waals surface area contributed by atoms with Gasteiger partial charge in [-0.1, -0.05) is 0 Å². The average molecular weight is 275 g/mol. The molecule has 1 aromatic heterocycles. The minimum absolute atomic E-state index is 0.131. The zero-order chi connectivity index (χ0) is 14.5. The quantitative estimate of drug-likeness (QED) is 0.785. The standard InChI is InChI=1S/C15H17NO4/c1-4-19-11-5-6-13-12(8-11)14(7-10(2)16-13)20-9-15(17)18-3/h5-8H,4,9H2,1-3H3. The molecule has 0 fully saturated rings. The predicted octanol–water partition coefficient (Wildman–Crippen LogP) is 2.49. The van der Waals surface area contributed by atoms with Crippen LogP contribution in [0.25, 0.3) is 10.9 Å². The largest absolute Gasteiger partial charge is 0.494 e. The van der Waals surface area contributed by atoms with E-state index in [1.165, 1.54) is 7.11 Å². The fourth-order valence-corrected chi connectivity index (χ4v) is 1.87. The van der Waals surface area contributed by atoms with Gasteiger partial charge in [0.25, 0.3) is 0 Å². The lowest BCUT2D eigenvalue weighted by Crippen LogP contribution is -2.12. The number of aryl methyl sites for hydroxylation is 1. The third kappa shape index (κ3) is 3.17. The molecule has 0 aliphatic heterocycles. The molecule has 0 aliphatic rings. The molecule has 5 heteroatoms. The molecule has 0 saturated heterocycles. The van der Waals surface area contributed by atoms with Crippen molar-refractivity contribution in [1.82, 2.24) is 4.98 Å². The van der Waals surface area contributed by atoms with Gasteiger partial charge in [-0.3, -0.25) is 4.98 Å². The third-order valence-electron chi connectivity index (χ3n) is 2.75. The Morgan fingerprint density at radius 2 is 2.05 bits per heavy atom. The summed E-state index contributed by atoms with van der Waals surface area (Å²) >= 11 is 0. The molecular formula is C15H17NO4. The van der Waals surface area contributed by atoms with Gasteiger partial charge in [-0.05, 0) is 32.0 Å². The molecule has 106 valence electrons. The van der Waals surface area contributed by atoms with Crippen LogP contribution >= 0.6 is 0 Å². The van der Waals surface area contributed by atoms with Crippen LogP contribution in [-0.4, -0.2) is 31.3 Å². The van der Waals surface area contributed by atoms with Gasteiger partial charge in [0, 0.05) is 17.1 Å². The number of pyridine rings is 1. The van der Waals surface area contributed by atoms with Crippen molar-refractivity contribution in [2.24, 2.45) is 0 Å². The van der Waals surface area contributed by atoms with E-state index in [1.54, 1.807) is 6.07 Å². The van der Waals surface area contributed by atoms with E-state index in [1.807, 2.05) is 32.0 Å². The van der Waals surface area contributed by atoms with Crippen molar-refractivity contribution in [1.29, 1.82) is 0 Å². The second-order valence-corrected chi connectivity index (χ2v) is 4.24. The summed E-state index contributed by atoms with van der Waals surface area (Å²) in [5.41, 5.74) is 1.62. The van der Waals surface area contributed by atoms with Crippen molar-refractivity contribution < 1.29 is 19.0 Å². The number of hydrogen-bond donors (Lipinski definition) is 0. The highest BCUT2D eigenvalue weighted by Gasteiger charge is 2.09. The van der Waals surface area contributed by atoms with Crippen LogP contribution in [0.2, 0.25) is 0 Å². The number of nitrogens with zero attached hydrogens (tertiary/aromatic N) is 1. The second-order valence-electron chi connectivity index (χ2n) is 4.24. The first-order chi connectivity index (χ1) is 9.63. The average Bonchev–Trinajstić information content (AvgIpc) is 2.45. The molecule has 1 aromatic carbocycles. The van der Waals surface area contributed by atoms with E-state index in [-0.39, 0.29) is 6.61 Å². The zero-order valence-electron chi connectivity index (χ0n) is 11.8. The molecule has 0 amide bonds. The number of esters is 1. The van der Waals surface area contributed by atoms with Crippen molar-refractivity contribution in [3.05, 3.63) is 30.0 Å². The van der Waals surface area contributed by atoms with Crippen molar-refractivity contribution in [3.63, 3.8) is 0 Å². The number of ether oxygens (including phenoxy) is 3.